The fourth-order valence-corrected chi connectivity index (χ4v) is 0.931. The standard InChI is InChI=1S/C8H12FN3/c9-6-3-7(11)5-8(4-6)12-2-1-10/h3-5,12H,1-2,10-11H2. The third-order valence-corrected chi connectivity index (χ3v) is 1.39. The first-order chi connectivity index (χ1) is 5.72. The van der Waals surface area contributed by atoms with E-state index in [9.17, 15) is 4.39 Å². The Hall–Kier alpha value is -1.29. The van der Waals surface area contributed by atoms with Gasteiger partial charge in [-0.3, -0.25) is 0 Å². The summed E-state index contributed by atoms with van der Waals surface area (Å²) < 4.78 is 12.7. The summed E-state index contributed by atoms with van der Waals surface area (Å²) in [5, 5.41) is 2.93. The molecule has 66 valence electrons. The van der Waals surface area contributed by atoms with Gasteiger partial charge in [0.2, 0.25) is 0 Å². The van der Waals surface area contributed by atoms with Crippen molar-refractivity contribution in [1.29, 1.82) is 0 Å². The summed E-state index contributed by atoms with van der Waals surface area (Å²) in [6, 6.07) is 4.32. The van der Waals surface area contributed by atoms with Crippen molar-refractivity contribution in [2.75, 3.05) is 24.1 Å². The monoisotopic (exact) mass is 169 g/mol. The van der Waals surface area contributed by atoms with Crippen molar-refractivity contribution < 1.29 is 4.39 Å². The van der Waals surface area contributed by atoms with Gasteiger partial charge in [-0.25, -0.2) is 4.39 Å². The van der Waals surface area contributed by atoms with Crippen LogP contribution in [0.15, 0.2) is 18.2 Å². The van der Waals surface area contributed by atoms with E-state index in [0.29, 0.717) is 24.5 Å². The number of hydrogen-bond donors (Lipinski definition) is 3. The van der Waals surface area contributed by atoms with Gasteiger partial charge in [0, 0.05) is 24.5 Å². The maximum atomic E-state index is 12.7. The predicted octanol–water partition coefficient (Wildman–Crippen LogP) is 0.778. The molecule has 0 aliphatic heterocycles. The van der Waals surface area contributed by atoms with Crippen molar-refractivity contribution in [3.8, 4) is 0 Å². The lowest BCUT2D eigenvalue weighted by atomic mass is 10.2. The van der Waals surface area contributed by atoms with Crippen molar-refractivity contribution in [1.82, 2.24) is 0 Å². The second kappa shape index (κ2) is 3.92. The minimum atomic E-state index is -0.338. The van der Waals surface area contributed by atoms with Crippen LogP contribution in [-0.4, -0.2) is 13.1 Å². The number of nitrogens with one attached hydrogen (secondary N) is 1. The number of hydrogen-bond acceptors (Lipinski definition) is 3. The summed E-state index contributed by atoms with van der Waals surface area (Å²) in [7, 11) is 0. The molecule has 0 amide bonds. The van der Waals surface area contributed by atoms with Crippen LogP contribution < -0.4 is 16.8 Å². The highest BCUT2D eigenvalue weighted by Crippen LogP contribution is 2.14. The fraction of sp³-hybridized carbons (Fsp3) is 0.250. The van der Waals surface area contributed by atoms with Crippen LogP contribution in [0.4, 0.5) is 15.8 Å². The topological polar surface area (TPSA) is 64.1 Å². The summed E-state index contributed by atoms with van der Waals surface area (Å²) >= 11 is 0. The molecule has 4 heteroatoms. The number of benzene rings is 1. The zero-order valence-corrected chi connectivity index (χ0v) is 6.68. The fourth-order valence-electron chi connectivity index (χ4n) is 0.931. The summed E-state index contributed by atoms with van der Waals surface area (Å²) in [6.07, 6.45) is 0. The molecule has 0 aromatic heterocycles. The van der Waals surface area contributed by atoms with Gasteiger partial charge in [-0.15, -0.1) is 0 Å². The SMILES string of the molecule is NCCNc1cc(N)cc(F)c1. The Morgan fingerprint density at radius 2 is 2.08 bits per heavy atom. The largest absolute Gasteiger partial charge is 0.399 e. The predicted molar refractivity (Wildman–Crippen MR) is 48.4 cm³/mol. The van der Waals surface area contributed by atoms with E-state index >= 15 is 0 Å². The Bertz CT molecular complexity index is 242. The van der Waals surface area contributed by atoms with Crippen molar-refractivity contribution >= 4 is 11.4 Å². The van der Waals surface area contributed by atoms with Crippen LogP contribution in [0.2, 0.25) is 0 Å². The van der Waals surface area contributed by atoms with E-state index in [1.165, 1.54) is 12.1 Å². The lowest BCUT2D eigenvalue weighted by Gasteiger charge is -2.05. The summed E-state index contributed by atoms with van der Waals surface area (Å²) in [5.41, 5.74) is 11.8. The molecule has 0 saturated carbocycles. The third-order valence-electron chi connectivity index (χ3n) is 1.39. The van der Waals surface area contributed by atoms with E-state index < -0.39 is 0 Å². The number of anilines is 2. The molecule has 12 heavy (non-hydrogen) atoms. The van der Waals surface area contributed by atoms with E-state index in [2.05, 4.69) is 5.32 Å². The zero-order valence-electron chi connectivity index (χ0n) is 6.68. The van der Waals surface area contributed by atoms with E-state index in [0.717, 1.165) is 0 Å². The first kappa shape index (κ1) is 8.80. The van der Waals surface area contributed by atoms with Crippen molar-refractivity contribution in [3.05, 3.63) is 24.0 Å². The maximum Gasteiger partial charge on any atom is 0.127 e. The number of rotatable bonds is 3. The van der Waals surface area contributed by atoms with Crippen LogP contribution in [0.3, 0.4) is 0 Å². The van der Waals surface area contributed by atoms with E-state index in [1.54, 1.807) is 6.07 Å². The maximum absolute atomic E-state index is 12.7. The minimum absolute atomic E-state index is 0.338. The van der Waals surface area contributed by atoms with Gasteiger partial charge in [0.15, 0.2) is 0 Å². The van der Waals surface area contributed by atoms with Crippen LogP contribution in [0.25, 0.3) is 0 Å². The van der Waals surface area contributed by atoms with Gasteiger partial charge in [-0.1, -0.05) is 0 Å². The lowest BCUT2D eigenvalue weighted by Crippen LogP contribution is -2.13. The van der Waals surface area contributed by atoms with E-state index in [4.69, 9.17) is 11.5 Å². The first-order valence-electron chi connectivity index (χ1n) is 3.72. The van der Waals surface area contributed by atoms with Crippen LogP contribution in [0, 0.1) is 5.82 Å². The quantitative estimate of drug-likeness (QED) is 0.586. The molecular formula is C8H12FN3. The Kier molecular flexibility index (Phi) is 2.88. The van der Waals surface area contributed by atoms with Gasteiger partial charge in [0.05, 0.1) is 0 Å². The smallest absolute Gasteiger partial charge is 0.127 e. The van der Waals surface area contributed by atoms with Gasteiger partial charge in [0.25, 0.3) is 0 Å². The van der Waals surface area contributed by atoms with Crippen molar-refractivity contribution in [2.45, 2.75) is 0 Å². The molecule has 0 spiro atoms. The van der Waals surface area contributed by atoms with Gasteiger partial charge in [-0.2, -0.15) is 0 Å². The van der Waals surface area contributed by atoms with Gasteiger partial charge < -0.3 is 16.8 Å². The normalized spacial score (nSPS) is 9.83. The van der Waals surface area contributed by atoms with Crippen LogP contribution >= 0.6 is 0 Å². The lowest BCUT2D eigenvalue weighted by molar-refractivity contribution is 0.629. The Labute approximate surface area is 70.6 Å². The molecule has 3 nitrogen and oxygen atoms in total. The highest BCUT2D eigenvalue weighted by molar-refractivity contribution is 5.54. The molecule has 0 aliphatic carbocycles. The first-order valence-corrected chi connectivity index (χ1v) is 3.72. The molecule has 0 heterocycles. The second-order valence-corrected chi connectivity index (χ2v) is 2.49. The molecule has 1 rings (SSSR count). The second-order valence-electron chi connectivity index (χ2n) is 2.49. The zero-order chi connectivity index (χ0) is 8.97. The van der Waals surface area contributed by atoms with Gasteiger partial charge in [0.1, 0.15) is 5.82 Å². The highest BCUT2D eigenvalue weighted by Gasteiger charge is 1.96. The molecule has 0 aliphatic rings. The van der Waals surface area contributed by atoms with Gasteiger partial charge in [-0.05, 0) is 18.2 Å². The van der Waals surface area contributed by atoms with Crippen LogP contribution in [0.1, 0.15) is 0 Å². The molecule has 0 bridgehead atoms. The summed E-state index contributed by atoms with van der Waals surface area (Å²) in [6.45, 7) is 1.12. The summed E-state index contributed by atoms with van der Waals surface area (Å²) in [5.74, 6) is -0.338. The number of halogens is 1. The Balaban J connectivity index is 2.72. The Morgan fingerprint density at radius 1 is 1.33 bits per heavy atom. The van der Waals surface area contributed by atoms with Crippen molar-refractivity contribution in [3.63, 3.8) is 0 Å². The summed E-state index contributed by atoms with van der Waals surface area (Å²) in [4.78, 5) is 0. The molecule has 0 radical (unpaired) electrons. The third kappa shape index (κ3) is 2.39. The molecule has 1 aromatic carbocycles. The minimum Gasteiger partial charge on any atom is -0.399 e. The van der Waals surface area contributed by atoms with Crippen molar-refractivity contribution in [2.24, 2.45) is 5.73 Å². The molecule has 0 fully saturated rings. The van der Waals surface area contributed by atoms with E-state index in [1.807, 2.05) is 0 Å². The molecule has 1 aromatic rings. The van der Waals surface area contributed by atoms with Crippen LogP contribution in [-0.2, 0) is 0 Å². The highest BCUT2D eigenvalue weighted by atomic mass is 19.1. The van der Waals surface area contributed by atoms with E-state index in [-0.39, 0.29) is 5.82 Å². The molecule has 0 unspecified atom stereocenters. The van der Waals surface area contributed by atoms with Gasteiger partial charge >= 0.3 is 0 Å². The molecule has 5 N–H and O–H groups in total. The molecular weight excluding hydrogens is 157 g/mol. The average molecular weight is 169 g/mol. The number of nitrogens with two attached hydrogens (primary N) is 2. The molecule has 0 atom stereocenters. The number of nitrogen functional groups attached to an aromatic ring is 1. The molecule has 0 saturated heterocycles. The Morgan fingerprint density at radius 3 is 2.67 bits per heavy atom. The van der Waals surface area contributed by atoms with Crippen LogP contribution in [0.5, 0.6) is 0 Å². The average Bonchev–Trinajstić information content (AvgIpc) is 1.99.